The van der Waals surface area contributed by atoms with Crippen molar-refractivity contribution in [2.75, 3.05) is 11.5 Å². The summed E-state index contributed by atoms with van der Waals surface area (Å²) in [5.41, 5.74) is 16.6. The van der Waals surface area contributed by atoms with Crippen LogP contribution in [0.25, 0.3) is 0 Å². The third-order valence-corrected chi connectivity index (χ3v) is 2.88. The molecule has 0 fully saturated rings. The molecule has 0 aliphatic rings. The van der Waals surface area contributed by atoms with Crippen LogP contribution in [-0.2, 0) is 6.61 Å². The largest absolute Gasteiger partial charge is 0.399 e. The Morgan fingerprint density at radius 3 is 2.48 bits per heavy atom. The number of nitrogens with one attached hydrogen (secondary N) is 1. The normalized spacial score (nSPS) is 10.7. The average molecular weight is 284 g/mol. The molecule has 21 heavy (non-hydrogen) atoms. The molecule has 0 atom stereocenters. The number of nitrogens with zero attached hydrogens (tertiary/aromatic N) is 1. The van der Waals surface area contributed by atoms with Crippen molar-refractivity contribution in [1.29, 1.82) is 0 Å². The van der Waals surface area contributed by atoms with Gasteiger partial charge in [-0.05, 0) is 42.0 Å². The minimum Gasteiger partial charge on any atom is -0.399 e. The van der Waals surface area contributed by atoms with Crippen molar-refractivity contribution in [1.82, 2.24) is 5.43 Å². The van der Waals surface area contributed by atoms with Crippen molar-refractivity contribution >= 4 is 23.5 Å². The molecule has 0 aliphatic carbocycles. The van der Waals surface area contributed by atoms with Crippen molar-refractivity contribution in [3.63, 3.8) is 0 Å². The molecule has 0 saturated carbocycles. The molecule has 1 amide bonds. The molecule has 108 valence electrons. The van der Waals surface area contributed by atoms with Gasteiger partial charge in [-0.25, -0.2) is 5.43 Å². The summed E-state index contributed by atoms with van der Waals surface area (Å²) in [5.74, 6) is -0.347. The van der Waals surface area contributed by atoms with Gasteiger partial charge < -0.3 is 16.6 Å². The highest BCUT2D eigenvalue weighted by Crippen LogP contribution is 2.11. The van der Waals surface area contributed by atoms with Crippen molar-refractivity contribution < 1.29 is 9.90 Å². The summed E-state index contributed by atoms with van der Waals surface area (Å²) in [6.07, 6.45) is 1.44. The van der Waals surface area contributed by atoms with E-state index >= 15 is 0 Å². The summed E-state index contributed by atoms with van der Waals surface area (Å²) in [6.45, 7) is -0.131. The maximum absolute atomic E-state index is 11.8. The molecule has 2 aromatic carbocycles. The van der Waals surface area contributed by atoms with Gasteiger partial charge in [-0.2, -0.15) is 5.10 Å². The fourth-order valence-corrected chi connectivity index (χ4v) is 1.74. The van der Waals surface area contributed by atoms with E-state index in [2.05, 4.69) is 10.5 Å². The summed E-state index contributed by atoms with van der Waals surface area (Å²) in [6, 6.07) is 11.6. The zero-order valence-electron chi connectivity index (χ0n) is 11.3. The zero-order chi connectivity index (χ0) is 15.2. The molecule has 0 heterocycles. The third-order valence-electron chi connectivity index (χ3n) is 2.88. The number of amides is 1. The summed E-state index contributed by atoms with van der Waals surface area (Å²) in [4.78, 5) is 11.8. The lowest BCUT2D eigenvalue weighted by molar-refractivity contribution is 0.0955. The highest BCUT2D eigenvalue weighted by atomic mass is 16.3. The zero-order valence-corrected chi connectivity index (χ0v) is 11.3. The second-order valence-electron chi connectivity index (χ2n) is 4.44. The molecular weight excluding hydrogens is 268 g/mol. The second-order valence-corrected chi connectivity index (χ2v) is 4.44. The third kappa shape index (κ3) is 3.80. The van der Waals surface area contributed by atoms with Gasteiger partial charge in [0.2, 0.25) is 0 Å². The molecule has 6 heteroatoms. The number of nitrogen functional groups attached to an aromatic ring is 2. The SMILES string of the molecule is Nc1ccc(C(=O)N/N=C/c2cc(N)ccc2CO)cc1. The first-order valence-corrected chi connectivity index (χ1v) is 6.28. The van der Waals surface area contributed by atoms with Crippen LogP contribution >= 0.6 is 0 Å². The van der Waals surface area contributed by atoms with Gasteiger partial charge in [-0.15, -0.1) is 0 Å². The fraction of sp³-hybridized carbons (Fsp3) is 0.0667. The van der Waals surface area contributed by atoms with Gasteiger partial charge in [0, 0.05) is 22.5 Å². The van der Waals surface area contributed by atoms with Gasteiger partial charge in [-0.1, -0.05) is 6.07 Å². The monoisotopic (exact) mass is 284 g/mol. The number of aliphatic hydroxyl groups excluding tert-OH is 1. The molecule has 0 unspecified atom stereocenters. The summed E-state index contributed by atoms with van der Waals surface area (Å²) in [7, 11) is 0. The van der Waals surface area contributed by atoms with Gasteiger partial charge in [-0.3, -0.25) is 4.79 Å². The molecule has 0 aliphatic heterocycles. The highest BCUT2D eigenvalue weighted by Gasteiger charge is 2.03. The predicted molar refractivity (Wildman–Crippen MR) is 82.7 cm³/mol. The highest BCUT2D eigenvalue weighted by molar-refractivity contribution is 5.95. The van der Waals surface area contributed by atoms with Crippen LogP contribution in [0.2, 0.25) is 0 Å². The van der Waals surface area contributed by atoms with Gasteiger partial charge in [0.1, 0.15) is 0 Å². The van der Waals surface area contributed by atoms with E-state index in [-0.39, 0.29) is 12.5 Å². The van der Waals surface area contributed by atoms with Crippen LogP contribution in [0.4, 0.5) is 11.4 Å². The number of hydrogen-bond donors (Lipinski definition) is 4. The van der Waals surface area contributed by atoms with Gasteiger partial charge in [0.15, 0.2) is 0 Å². The van der Waals surface area contributed by atoms with E-state index in [1.165, 1.54) is 6.21 Å². The standard InChI is InChI=1S/C15H16N4O2/c16-13-4-1-10(2-5-13)15(21)19-18-8-12-7-14(17)6-3-11(12)9-20/h1-8,20H,9,16-17H2,(H,19,21)/b18-8+. The second kappa shape index (κ2) is 6.53. The molecule has 0 aromatic heterocycles. The molecule has 2 aromatic rings. The smallest absolute Gasteiger partial charge is 0.271 e. The molecule has 0 radical (unpaired) electrons. The van der Waals surface area contributed by atoms with Crippen molar-refractivity contribution in [3.8, 4) is 0 Å². The Labute approximate surface area is 122 Å². The van der Waals surface area contributed by atoms with E-state index < -0.39 is 0 Å². The van der Waals surface area contributed by atoms with Crippen molar-refractivity contribution in [3.05, 3.63) is 59.2 Å². The number of anilines is 2. The Hall–Kier alpha value is -2.86. The van der Waals surface area contributed by atoms with E-state index in [9.17, 15) is 9.90 Å². The number of benzene rings is 2. The Balaban J connectivity index is 2.07. The molecule has 6 N–H and O–H groups in total. The fourth-order valence-electron chi connectivity index (χ4n) is 1.74. The van der Waals surface area contributed by atoms with Crippen LogP contribution in [0.1, 0.15) is 21.5 Å². The van der Waals surface area contributed by atoms with E-state index in [0.29, 0.717) is 28.1 Å². The number of aliphatic hydroxyl groups is 1. The number of rotatable bonds is 4. The topological polar surface area (TPSA) is 114 Å². The van der Waals surface area contributed by atoms with E-state index in [0.717, 1.165) is 0 Å². The maximum atomic E-state index is 11.8. The van der Waals surface area contributed by atoms with Crippen LogP contribution < -0.4 is 16.9 Å². The quantitative estimate of drug-likeness (QED) is 0.382. The molecular formula is C15H16N4O2. The maximum Gasteiger partial charge on any atom is 0.271 e. The van der Waals surface area contributed by atoms with E-state index in [1.807, 2.05) is 0 Å². The molecule has 6 nitrogen and oxygen atoms in total. The van der Waals surface area contributed by atoms with Gasteiger partial charge in [0.05, 0.1) is 12.8 Å². The average Bonchev–Trinajstić information content (AvgIpc) is 2.48. The Kier molecular flexibility index (Phi) is 4.53. The van der Waals surface area contributed by atoms with Crippen LogP contribution in [0.3, 0.4) is 0 Å². The summed E-state index contributed by atoms with van der Waals surface area (Å²) < 4.78 is 0. The number of nitrogens with two attached hydrogens (primary N) is 2. The first-order chi connectivity index (χ1) is 10.1. The first-order valence-electron chi connectivity index (χ1n) is 6.28. The minimum absolute atomic E-state index is 0.131. The summed E-state index contributed by atoms with van der Waals surface area (Å²) in [5, 5.41) is 13.1. The first kappa shape index (κ1) is 14.5. The van der Waals surface area contributed by atoms with Crippen molar-refractivity contribution in [2.24, 2.45) is 5.10 Å². The molecule has 0 saturated heterocycles. The lowest BCUT2D eigenvalue weighted by atomic mass is 10.1. The molecule has 0 bridgehead atoms. The Morgan fingerprint density at radius 2 is 1.81 bits per heavy atom. The number of carbonyl (C=O) groups excluding carboxylic acids is 1. The van der Waals surface area contributed by atoms with Crippen LogP contribution in [0.15, 0.2) is 47.6 Å². The van der Waals surface area contributed by atoms with Crippen LogP contribution in [0.5, 0.6) is 0 Å². The number of hydrazone groups is 1. The van der Waals surface area contributed by atoms with Gasteiger partial charge >= 0.3 is 0 Å². The number of hydrogen-bond acceptors (Lipinski definition) is 5. The van der Waals surface area contributed by atoms with E-state index in [4.69, 9.17) is 11.5 Å². The van der Waals surface area contributed by atoms with Crippen LogP contribution in [-0.4, -0.2) is 17.2 Å². The van der Waals surface area contributed by atoms with Crippen molar-refractivity contribution in [2.45, 2.75) is 6.61 Å². The summed E-state index contributed by atoms with van der Waals surface area (Å²) >= 11 is 0. The lowest BCUT2D eigenvalue weighted by Gasteiger charge is -2.04. The Bertz CT molecular complexity index is 666. The lowest BCUT2D eigenvalue weighted by Crippen LogP contribution is -2.17. The molecule has 2 rings (SSSR count). The Morgan fingerprint density at radius 1 is 1.14 bits per heavy atom. The van der Waals surface area contributed by atoms with Crippen LogP contribution in [0, 0.1) is 0 Å². The minimum atomic E-state index is -0.347. The predicted octanol–water partition coefficient (Wildman–Crippen LogP) is 1.11. The number of carbonyl (C=O) groups is 1. The molecule has 0 spiro atoms. The van der Waals surface area contributed by atoms with Gasteiger partial charge in [0.25, 0.3) is 5.91 Å². The van der Waals surface area contributed by atoms with E-state index in [1.54, 1.807) is 42.5 Å².